The van der Waals surface area contributed by atoms with Crippen LogP contribution in [-0.4, -0.2) is 44.7 Å². The molecule has 162 valence electrons. The lowest BCUT2D eigenvalue weighted by Crippen LogP contribution is -2.40. The lowest BCUT2D eigenvalue weighted by Gasteiger charge is -2.34. The maximum absolute atomic E-state index is 13.2. The molecule has 2 unspecified atom stereocenters. The lowest BCUT2D eigenvalue weighted by atomic mass is 9.81. The van der Waals surface area contributed by atoms with Crippen molar-refractivity contribution in [3.63, 3.8) is 0 Å². The molecular formula is C23H30ClN3O3. The first-order valence-electron chi connectivity index (χ1n) is 10.3. The molecule has 0 spiro atoms. The molecule has 2 aromatic rings. The highest BCUT2D eigenvalue weighted by molar-refractivity contribution is 6.30. The third-order valence-electron chi connectivity index (χ3n) is 5.87. The number of carbonyl (C=O) groups excluding carboxylic acids is 1. The van der Waals surface area contributed by atoms with E-state index >= 15 is 0 Å². The van der Waals surface area contributed by atoms with Crippen molar-refractivity contribution in [3.8, 4) is 11.5 Å². The fraction of sp³-hybridized carbons (Fsp3) is 0.435. The third kappa shape index (κ3) is 4.35. The summed E-state index contributed by atoms with van der Waals surface area (Å²) in [4.78, 5) is 15.5. The van der Waals surface area contributed by atoms with E-state index in [0.29, 0.717) is 28.6 Å². The maximum atomic E-state index is 13.2. The van der Waals surface area contributed by atoms with E-state index in [2.05, 4.69) is 24.1 Å². The summed E-state index contributed by atoms with van der Waals surface area (Å²) >= 11 is 6.23. The van der Waals surface area contributed by atoms with E-state index in [1.54, 1.807) is 32.4 Å². The highest BCUT2D eigenvalue weighted by atomic mass is 35.5. The summed E-state index contributed by atoms with van der Waals surface area (Å²) in [5.41, 5.74) is 9.48. The van der Waals surface area contributed by atoms with Gasteiger partial charge in [0.2, 0.25) is 5.91 Å². The number of anilines is 1. The Morgan fingerprint density at radius 3 is 2.27 bits per heavy atom. The highest BCUT2D eigenvalue weighted by Crippen LogP contribution is 2.43. The number of ether oxygens (including phenoxy) is 2. The number of methoxy groups -OCH3 is 2. The second kappa shape index (κ2) is 9.58. The Bertz CT molecular complexity index is 915. The Morgan fingerprint density at radius 2 is 1.67 bits per heavy atom. The SMILES string of the molecule is CCN(CC)CCC1C(=O)NC(c2cc(Cl)ccc2N)c2cc(OC)c(OC)cc21. The predicted molar refractivity (Wildman–Crippen MR) is 121 cm³/mol. The summed E-state index contributed by atoms with van der Waals surface area (Å²) in [5, 5.41) is 3.73. The number of carbonyl (C=O) groups is 1. The zero-order chi connectivity index (χ0) is 21.8. The number of nitrogens with zero attached hydrogens (tertiary/aromatic N) is 1. The first-order chi connectivity index (χ1) is 14.4. The number of halogens is 1. The van der Waals surface area contributed by atoms with Crippen molar-refractivity contribution in [2.75, 3.05) is 39.6 Å². The Morgan fingerprint density at radius 1 is 1.03 bits per heavy atom. The maximum Gasteiger partial charge on any atom is 0.228 e. The Labute approximate surface area is 183 Å². The minimum atomic E-state index is -0.407. The molecule has 2 atom stereocenters. The Kier molecular flexibility index (Phi) is 7.10. The van der Waals surface area contributed by atoms with Crippen LogP contribution in [0.2, 0.25) is 5.02 Å². The molecule has 6 nitrogen and oxygen atoms in total. The van der Waals surface area contributed by atoms with Gasteiger partial charge in [0.25, 0.3) is 0 Å². The number of nitrogens with one attached hydrogen (secondary N) is 1. The smallest absolute Gasteiger partial charge is 0.228 e. The third-order valence-corrected chi connectivity index (χ3v) is 6.10. The average Bonchev–Trinajstić information content (AvgIpc) is 2.76. The van der Waals surface area contributed by atoms with Gasteiger partial charge in [0.05, 0.1) is 26.2 Å². The second-order valence-electron chi connectivity index (χ2n) is 7.42. The van der Waals surface area contributed by atoms with E-state index < -0.39 is 6.04 Å². The molecule has 2 aromatic carbocycles. The van der Waals surface area contributed by atoms with Gasteiger partial charge < -0.3 is 25.4 Å². The normalized spacial score (nSPS) is 18.1. The van der Waals surface area contributed by atoms with Crippen LogP contribution in [0.1, 0.15) is 48.9 Å². The monoisotopic (exact) mass is 431 g/mol. The van der Waals surface area contributed by atoms with Crippen LogP contribution < -0.4 is 20.5 Å². The minimum Gasteiger partial charge on any atom is -0.493 e. The summed E-state index contributed by atoms with van der Waals surface area (Å²) < 4.78 is 11.1. The van der Waals surface area contributed by atoms with Crippen molar-refractivity contribution in [2.24, 2.45) is 0 Å². The Hall–Kier alpha value is -2.44. The van der Waals surface area contributed by atoms with Gasteiger partial charge in [-0.2, -0.15) is 0 Å². The summed E-state index contributed by atoms with van der Waals surface area (Å²) in [5.74, 6) is 0.917. The summed E-state index contributed by atoms with van der Waals surface area (Å²) in [6, 6.07) is 8.76. The van der Waals surface area contributed by atoms with Crippen LogP contribution in [0, 0.1) is 0 Å². The predicted octanol–water partition coefficient (Wildman–Crippen LogP) is 3.97. The molecule has 0 saturated heterocycles. The first kappa shape index (κ1) is 22.2. The minimum absolute atomic E-state index is 0.0220. The average molecular weight is 432 g/mol. The van der Waals surface area contributed by atoms with E-state index in [0.717, 1.165) is 36.3 Å². The van der Waals surface area contributed by atoms with Crippen molar-refractivity contribution in [3.05, 3.63) is 52.0 Å². The number of rotatable bonds is 8. The molecule has 3 N–H and O–H groups in total. The van der Waals surface area contributed by atoms with Gasteiger partial charge in [-0.15, -0.1) is 0 Å². The molecule has 7 heteroatoms. The van der Waals surface area contributed by atoms with Gasteiger partial charge in [0.15, 0.2) is 11.5 Å². The van der Waals surface area contributed by atoms with Crippen LogP contribution in [0.4, 0.5) is 5.69 Å². The van der Waals surface area contributed by atoms with Gasteiger partial charge in [-0.3, -0.25) is 4.79 Å². The van der Waals surface area contributed by atoms with E-state index in [9.17, 15) is 4.79 Å². The van der Waals surface area contributed by atoms with Gasteiger partial charge in [-0.1, -0.05) is 25.4 Å². The summed E-state index contributed by atoms with van der Waals surface area (Å²) in [6.45, 7) is 6.99. The molecule has 0 saturated carbocycles. The number of nitrogens with two attached hydrogens (primary N) is 1. The van der Waals surface area contributed by atoms with Crippen molar-refractivity contribution in [1.29, 1.82) is 0 Å². The molecule has 0 radical (unpaired) electrons. The van der Waals surface area contributed by atoms with Crippen LogP contribution in [0.25, 0.3) is 0 Å². The van der Waals surface area contributed by atoms with Crippen molar-refractivity contribution in [1.82, 2.24) is 10.2 Å². The van der Waals surface area contributed by atoms with Crippen molar-refractivity contribution >= 4 is 23.2 Å². The van der Waals surface area contributed by atoms with Gasteiger partial charge in [-0.25, -0.2) is 0 Å². The molecule has 0 bridgehead atoms. The molecular weight excluding hydrogens is 402 g/mol. The number of amides is 1. The lowest BCUT2D eigenvalue weighted by molar-refractivity contribution is -0.124. The molecule has 1 heterocycles. The molecule has 0 aromatic heterocycles. The number of hydrogen-bond donors (Lipinski definition) is 2. The number of fused-ring (bicyclic) bond motifs is 1. The van der Waals surface area contributed by atoms with E-state index in [4.69, 9.17) is 26.8 Å². The van der Waals surface area contributed by atoms with E-state index in [1.807, 2.05) is 12.1 Å². The molecule has 3 rings (SSSR count). The second-order valence-corrected chi connectivity index (χ2v) is 7.86. The number of benzene rings is 2. The fourth-order valence-electron chi connectivity index (χ4n) is 4.10. The van der Waals surface area contributed by atoms with Crippen molar-refractivity contribution in [2.45, 2.75) is 32.2 Å². The largest absolute Gasteiger partial charge is 0.493 e. The number of hydrogen-bond acceptors (Lipinski definition) is 5. The van der Waals surface area contributed by atoms with Crippen molar-refractivity contribution < 1.29 is 14.3 Å². The quantitative estimate of drug-likeness (QED) is 0.618. The molecule has 30 heavy (non-hydrogen) atoms. The van der Waals surface area contributed by atoms with Crippen LogP contribution in [0.3, 0.4) is 0 Å². The topological polar surface area (TPSA) is 76.8 Å². The number of nitrogen functional groups attached to an aromatic ring is 1. The fourth-order valence-corrected chi connectivity index (χ4v) is 4.28. The van der Waals surface area contributed by atoms with Gasteiger partial charge in [-0.05, 0) is 67.5 Å². The first-order valence-corrected chi connectivity index (χ1v) is 10.6. The summed E-state index contributed by atoms with van der Waals surface area (Å²) in [7, 11) is 3.21. The van der Waals surface area contributed by atoms with Crippen LogP contribution in [0.5, 0.6) is 11.5 Å². The van der Waals surface area contributed by atoms with Crippen LogP contribution in [-0.2, 0) is 4.79 Å². The zero-order valence-corrected chi connectivity index (χ0v) is 18.8. The zero-order valence-electron chi connectivity index (χ0n) is 18.0. The molecule has 0 fully saturated rings. The molecule has 1 amide bonds. The van der Waals surface area contributed by atoms with Crippen LogP contribution in [0.15, 0.2) is 30.3 Å². The van der Waals surface area contributed by atoms with Gasteiger partial charge in [0.1, 0.15) is 0 Å². The highest BCUT2D eigenvalue weighted by Gasteiger charge is 2.36. The van der Waals surface area contributed by atoms with Gasteiger partial charge in [0, 0.05) is 16.3 Å². The van der Waals surface area contributed by atoms with E-state index in [1.165, 1.54) is 0 Å². The Balaban J connectivity index is 2.10. The molecule has 0 aliphatic carbocycles. The molecule has 1 aliphatic heterocycles. The molecule has 1 aliphatic rings. The van der Waals surface area contributed by atoms with E-state index in [-0.39, 0.29) is 11.8 Å². The van der Waals surface area contributed by atoms with Crippen LogP contribution >= 0.6 is 11.6 Å². The summed E-state index contributed by atoms with van der Waals surface area (Å²) in [6.07, 6.45) is 0.716. The van der Waals surface area contributed by atoms with Gasteiger partial charge >= 0.3 is 0 Å². The standard InChI is InChI=1S/C23H30ClN3O3/c1-5-27(6-2)10-9-15-16-12-20(29-3)21(30-4)13-17(16)22(26-23(15)28)18-11-14(24)7-8-19(18)25/h7-8,11-13,15,22H,5-6,9-10,25H2,1-4H3,(H,26,28).